The van der Waals surface area contributed by atoms with Gasteiger partial charge in [-0.15, -0.1) is 0 Å². The summed E-state index contributed by atoms with van der Waals surface area (Å²) in [5.41, 5.74) is 0.537. The van der Waals surface area contributed by atoms with E-state index >= 15 is 0 Å². The molecule has 1 fully saturated rings. The Hall–Kier alpha value is -2.09. The van der Waals surface area contributed by atoms with Gasteiger partial charge in [0.2, 0.25) is 10.0 Å². The van der Waals surface area contributed by atoms with Gasteiger partial charge in [-0.05, 0) is 55.5 Å². The highest BCUT2D eigenvalue weighted by atomic mass is 35.5. The van der Waals surface area contributed by atoms with Crippen LogP contribution in [0, 0.1) is 12.8 Å². The molecule has 0 unspecified atom stereocenters. The van der Waals surface area contributed by atoms with Crippen molar-refractivity contribution < 1.29 is 17.9 Å². The van der Waals surface area contributed by atoms with Gasteiger partial charge in [0, 0.05) is 24.7 Å². The number of nitrogens with one attached hydrogen (secondary N) is 1. The lowest BCUT2D eigenvalue weighted by molar-refractivity contribution is 0.131. The quantitative estimate of drug-likeness (QED) is 0.794. The standard InChI is InChI=1S/C20H23ClN2O4S/c1-15-18(21)8-5-9-19(15)28(25,26)22-14-16-10-12-23(13-11-16)20(24)27-17-6-3-2-4-7-17/h2-9,16,22H,10-14H2,1H3. The summed E-state index contributed by atoms with van der Waals surface area (Å²) in [5, 5.41) is 0.424. The van der Waals surface area contributed by atoms with Crippen LogP contribution >= 0.6 is 11.6 Å². The minimum atomic E-state index is -3.62. The fourth-order valence-corrected chi connectivity index (χ4v) is 4.77. The van der Waals surface area contributed by atoms with E-state index in [-0.39, 0.29) is 16.9 Å². The molecule has 1 N–H and O–H groups in total. The topological polar surface area (TPSA) is 75.7 Å². The summed E-state index contributed by atoms with van der Waals surface area (Å²) in [4.78, 5) is 14.1. The lowest BCUT2D eigenvalue weighted by Gasteiger charge is -2.31. The summed E-state index contributed by atoms with van der Waals surface area (Å²) < 4.78 is 33.2. The van der Waals surface area contributed by atoms with E-state index in [1.54, 1.807) is 42.2 Å². The monoisotopic (exact) mass is 422 g/mol. The van der Waals surface area contributed by atoms with E-state index in [2.05, 4.69) is 4.72 Å². The maximum atomic E-state index is 12.6. The van der Waals surface area contributed by atoms with Gasteiger partial charge in [0.1, 0.15) is 5.75 Å². The van der Waals surface area contributed by atoms with Crippen LogP contribution in [0.4, 0.5) is 4.79 Å². The van der Waals surface area contributed by atoms with Gasteiger partial charge in [0.25, 0.3) is 0 Å². The third-order valence-electron chi connectivity index (χ3n) is 4.89. The number of nitrogens with zero attached hydrogens (tertiary/aromatic N) is 1. The molecule has 1 aliphatic heterocycles. The Morgan fingerprint density at radius 1 is 1.14 bits per heavy atom. The summed E-state index contributed by atoms with van der Waals surface area (Å²) in [6.45, 7) is 3.09. The van der Waals surface area contributed by atoms with E-state index in [0.717, 1.165) is 0 Å². The smallest absolute Gasteiger partial charge is 0.410 e. The maximum absolute atomic E-state index is 12.6. The molecule has 1 aliphatic rings. The first-order chi connectivity index (χ1) is 13.4. The molecule has 0 aromatic heterocycles. The molecule has 3 rings (SSSR count). The van der Waals surface area contributed by atoms with Crippen LogP contribution in [-0.2, 0) is 10.0 Å². The molecule has 2 aromatic rings. The largest absolute Gasteiger partial charge is 0.415 e. The number of ether oxygens (including phenoxy) is 1. The van der Waals surface area contributed by atoms with Gasteiger partial charge in [-0.2, -0.15) is 0 Å². The van der Waals surface area contributed by atoms with Crippen LogP contribution in [0.1, 0.15) is 18.4 Å². The Labute approximate surface area is 170 Å². The predicted octanol–water partition coefficient (Wildman–Crippen LogP) is 3.84. The Morgan fingerprint density at radius 2 is 1.82 bits per heavy atom. The van der Waals surface area contributed by atoms with E-state index < -0.39 is 10.0 Å². The first kappa shape index (κ1) is 20.6. The first-order valence-corrected chi connectivity index (χ1v) is 11.0. The van der Waals surface area contributed by atoms with Crippen LogP contribution in [0.3, 0.4) is 0 Å². The second-order valence-electron chi connectivity index (χ2n) is 6.83. The first-order valence-electron chi connectivity index (χ1n) is 9.13. The van der Waals surface area contributed by atoms with Gasteiger partial charge in [-0.1, -0.05) is 35.9 Å². The van der Waals surface area contributed by atoms with E-state index in [9.17, 15) is 13.2 Å². The Balaban J connectivity index is 1.50. The van der Waals surface area contributed by atoms with E-state index in [4.69, 9.17) is 16.3 Å². The van der Waals surface area contributed by atoms with Crippen LogP contribution in [0.5, 0.6) is 5.75 Å². The Bertz CT molecular complexity index is 926. The van der Waals surface area contributed by atoms with Crippen molar-refractivity contribution in [2.45, 2.75) is 24.7 Å². The minimum Gasteiger partial charge on any atom is -0.410 e. The fraction of sp³-hybridized carbons (Fsp3) is 0.350. The average Bonchev–Trinajstić information content (AvgIpc) is 2.69. The van der Waals surface area contributed by atoms with Gasteiger partial charge < -0.3 is 9.64 Å². The van der Waals surface area contributed by atoms with Gasteiger partial charge in [0.15, 0.2) is 0 Å². The molecule has 0 spiro atoms. The number of benzene rings is 2. The van der Waals surface area contributed by atoms with Crippen molar-refractivity contribution >= 4 is 27.7 Å². The van der Waals surface area contributed by atoms with Crippen molar-refractivity contribution in [2.24, 2.45) is 5.92 Å². The fourth-order valence-electron chi connectivity index (χ4n) is 3.16. The van der Waals surface area contributed by atoms with Crippen LogP contribution in [-0.4, -0.2) is 39.0 Å². The van der Waals surface area contributed by atoms with Crippen molar-refractivity contribution in [2.75, 3.05) is 19.6 Å². The molecule has 0 bridgehead atoms. The van der Waals surface area contributed by atoms with Crippen molar-refractivity contribution in [1.82, 2.24) is 9.62 Å². The highest BCUT2D eigenvalue weighted by Gasteiger charge is 2.26. The summed E-state index contributed by atoms with van der Waals surface area (Å²) in [6, 6.07) is 13.8. The normalized spacial score (nSPS) is 15.4. The number of amides is 1. The van der Waals surface area contributed by atoms with Crippen LogP contribution in [0.25, 0.3) is 0 Å². The predicted molar refractivity (Wildman–Crippen MR) is 108 cm³/mol. The molecule has 0 aliphatic carbocycles. The molecule has 1 amide bonds. The lowest BCUT2D eigenvalue weighted by atomic mass is 9.97. The van der Waals surface area contributed by atoms with Crippen molar-refractivity contribution in [3.05, 3.63) is 59.1 Å². The third-order valence-corrected chi connectivity index (χ3v) is 6.87. The number of para-hydroxylation sites is 1. The zero-order chi connectivity index (χ0) is 20.1. The minimum absolute atomic E-state index is 0.162. The van der Waals surface area contributed by atoms with E-state index in [1.807, 2.05) is 18.2 Å². The maximum Gasteiger partial charge on any atom is 0.415 e. The number of carbonyl (C=O) groups is 1. The molecule has 6 nitrogen and oxygen atoms in total. The molecule has 28 heavy (non-hydrogen) atoms. The molecule has 8 heteroatoms. The van der Waals surface area contributed by atoms with Crippen molar-refractivity contribution in [1.29, 1.82) is 0 Å². The number of sulfonamides is 1. The SMILES string of the molecule is Cc1c(Cl)cccc1S(=O)(=O)NCC1CCN(C(=O)Oc2ccccc2)CC1. The second kappa shape index (κ2) is 8.94. The van der Waals surface area contributed by atoms with E-state index in [0.29, 0.717) is 48.8 Å². The van der Waals surface area contributed by atoms with Crippen molar-refractivity contribution in [3.8, 4) is 5.75 Å². The van der Waals surface area contributed by atoms with Gasteiger partial charge in [-0.3, -0.25) is 0 Å². The number of carbonyl (C=O) groups excluding carboxylic acids is 1. The van der Waals surface area contributed by atoms with Crippen LogP contribution in [0.15, 0.2) is 53.4 Å². The Morgan fingerprint density at radius 3 is 2.50 bits per heavy atom. The molecule has 0 radical (unpaired) electrons. The molecule has 1 heterocycles. The highest BCUT2D eigenvalue weighted by molar-refractivity contribution is 7.89. The van der Waals surface area contributed by atoms with Gasteiger partial charge in [0.05, 0.1) is 4.90 Å². The molecule has 0 atom stereocenters. The number of hydrogen-bond donors (Lipinski definition) is 1. The number of hydrogen-bond acceptors (Lipinski definition) is 4. The molecular weight excluding hydrogens is 400 g/mol. The summed E-state index contributed by atoms with van der Waals surface area (Å²) in [6.07, 6.45) is 1.04. The average molecular weight is 423 g/mol. The second-order valence-corrected chi connectivity index (χ2v) is 8.97. The summed E-state index contributed by atoms with van der Waals surface area (Å²) >= 11 is 6.03. The number of rotatable bonds is 5. The molecular formula is C20H23ClN2O4S. The van der Waals surface area contributed by atoms with Gasteiger partial charge >= 0.3 is 6.09 Å². The number of likely N-dealkylation sites (tertiary alicyclic amines) is 1. The van der Waals surface area contributed by atoms with Crippen LogP contribution in [0.2, 0.25) is 5.02 Å². The number of halogens is 1. The number of piperidine rings is 1. The highest BCUT2D eigenvalue weighted by Crippen LogP contribution is 2.24. The van der Waals surface area contributed by atoms with E-state index in [1.165, 1.54) is 0 Å². The molecule has 150 valence electrons. The Kier molecular flexibility index (Phi) is 6.59. The lowest BCUT2D eigenvalue weighted by Crippen LogP contribution is -2.42. The van der Waals surface area contributed by atoms with Crippen LogP contribution < -0.4 is 9.46 Å². The van der Waals surface area contributed by atoms with Crippen molar-refractivity contribution in [3.63, 3.8) is 0 Å². The summed E-state index contributed by atoms with van der Waals surface area (Å²) in [7, 11) is -3.62. The molecule has 2 aromatic carbocycles. The molecule has 1 saturated heterocycles. The molecule has 0 saturated carbocycles. The van der Waals surface area contributed by atoms with Gasteiger partial charge in [-0.25, -0.2) is 17.9 Å². The third kappa shape index (κ3) is 5.04. The zero-order valence-corrected chi connectivity index (χ0v) is 17.2. The zero-order valence-electron chi connectivity index (χ0n) is 15.6. The summed E-state index contributed by atoms with van der Waals surface area (Å²) in [5.74, 6) is 0.675.